The molecule has 0 heterocycles. The monoisotopic (exact) mass is 204 g/mol. The van der Waals surface area contributed by atoms with Crippen molar-refractivity contribution in [3.8, 4) is 0 Å². The number of hydrogen-bond donors (Lipinski definition) is 1. The van der Waals surface area contributed by atoms with Gasteiger partial charge < -0.3 is 5.73 Å². The molecule has 0 aliphatic carbocycles. The van der Waals surface area contributed by atoms with Crippen LogP contribution in [0.3, 0.4) is 0 Å². The molecule has 12 heavy (non-hydrogen) atoms. The topological polar surface area (TPSA) is 46.3 Å². The van der Waals surface area contributed by atoms with E-state index in [9.17, 15) is 4.79 Å². The van der Waals surface area contributed by atoms with E-state index in [2.05, 4.69) is 0 Å². The smallest absolute Gasteiger partial charge is 0.334 e. The summed E-state index contributed by atoms with van der Waals surface area (Å²) in [5.74, 6) is 0. The van der Waals surface area contributed by atoms with Crippen LogP contribution in [0.1, 0.15) is 0 Å². The van der Waals surface area contributed by atoms with Crippen molar-refractivity contribution in [1.29, 1.82) is 0 Å². The first-order valence-electron chi connectivity index (χ1n) is 3.12. The van der Waals surface area contributed by atoms with Gasteiger partial charge in [0.2, 0.25) is 0 Å². The second-order valence-electron chi connectivity index (χ2n) is 2.10. The number of carbonyl (C=O) groups is 1. The Bertz CT molecular complexity index is 286. The van der Waals surface area contributed by atoms with Crippen LogP contribution in [0.5, 0.6) is 0 Å². The van der Waals surface area contributed by atoms with Crippen LogP contribution in [-0.2, 0) is 0 Å². The molecule has 0 bridgehead atoms. The third-order valence-electron chi connectivity index (χ3n) is 1.25. The summed E-state index contributed by atoms with van der Waals surface area (Å²) >= 11 is 11.1. The van der Waals surface area contributed by atoms with Crippen molar-refractivity contribution in [2.75, 3.05) is 4.42 Å². The molecule has 0 atom stereocenters. The number of primary amides is 1. The quantitative estimate of drug-likeness (QED) is 0.702. The molecule has 1 aromatic carbocycles. The van der Waals surface area contributed by atoms with E-state index in [4.69, 9.17) is 29.1 Å². The molecule has 1 rings (SSSR count). The van der Waals surface area contributed by atoms with E-state index in [1.165, 1.54) is 0 Å². The Hall–Kier alpha value is -0.930. The minimum Gasteiger partial charge on any atom is -0.350 e. The number of hydrogen-bond acceptors (Lipinski definition) is 1. The molecule has 0 unspecified atom stereocenters. The normalized spacial score (nSPS) is 9.50. The summed E-state index contributed by atoms with van der Waals surface area (Å²) in [6.07, 6.45) is 0. The second-order valence-corrected chi connectivity index (χ2v) is 2.87. The molecule has 64 valence electrons. The Balaban J connectivity index is 2.89. The van der Waals surface area contributed by atoms with Crippen LogP contribution in [0.25, 0.3) is 0 Å². The molecule has 0 saturated heterocycles. The van der Waals surface area contributed by atoms with Crippen LogP contribution in [0.2, 0.25) is 5.02 Å². The van der Waals surface area contributed by atoms with Crippen molar-refractivity contribution in [2.45, 2.75) is 0 Å². The highest BCUT2D eigenvalue weighted by atomic mass is 35.5. The van der Waals surface area contributed by atoms with Gasteiger partial charge in [0, 0.05) is 16.8 Å². The largest absolute Gasteiger partial charge is 0.350 e. The number of anilines is 1. The summed E-state index contributed by atoms with van der Waals surface area (Å²) in [6, 6.07) is 5.71. The van der Waals surface area contributed by atoms with Gasteiger partial charge in [-0.15, -0.1) is 0 Å². The van der Waals surface area contributed by atoms with Gasteiger partial charge in [0.1, 0.15) is 0 Å². The Morgan fingerprint density at radius 3 is 2.25 bits per heavy atom. The molecule has 0 saturated carbocycles. The van der Waals surface area contributed by atoms with Crippen LogP contribution in [0.15, 0.2) is 24.3 Å². The molecule has 0 aliphatic heterocycles. The van der Waals surface area contributed by atoms with E-state index in [1.54, 1.807) is 24.3 Å². The zero-order valence-corrected chi connectivity index (χ0v) is 7.51. The Morgan fingerprint density at radius 1 is 1.33 bits per heavy atom. The predicted octanol–water partition coefficient (Wildman–Crippen LogP) is 2.38. The number of urea groups is 1. The standard InChI is InChI=1S/C7H6Cl2N2O/c8-5-1-3-6(4-2-5)11(9)7(10)12/h1-4H,(H2,10,12). The summed E-state index contributed by atoms with van der Waals surface area (Å²) in [5.41, 5.74) is 5.42. The number of benzene rings is 1. The number of halogens is 2. The lowest BCUT2D eigenvalue weighted by Gasteiger charge is -2.09. The van der Waals surface area contributed by atoms with Crippen LogP contribution in [0, 0.1) is 0 Å². The molecule has 3 nitrogen and oxygen atoms in total. The number of nitrogens with two attached hydrogens (primary N) is 1. The lowest BCUT2D eigenvalue weighted by Crippen LogP contribution is -2.26. The summed E-state index contributed by atoms with van der Waals surface area (Å²) in [7, 11) is 0. The maximum Gasteiger partial charge on any atom is 0.334 e. The SMILES string of the molecule is NC(=O)N(Cl)c1ccc(Cl)cc1. The van der Waals surface area contributed by atoms with Gasteiger partial charge in [0.05, 0.1) is 5.69 Å². The van der Waals surface area contributed by atoms with E-state index in [0.29, 0.717) is 10.7 Å². The molecule has 0 aliphatic rings. The van der Waals surface area contributed by atoms with Crippen molar-refractivity contribution in [3.63, 3.8) is 0 Å². The molecule has 2 N–H and O–H groups in total. The van der Waals surface area contributed by atoms with Gasteiger partial charge in [0.15, 0.2) is 0 Å². The molecule has 0 spiro atoms. The third-order valence-corrected chi connectivity index (χ3v) is 1.86. The summed E-state index contributed by atoms with van der Waals surface area (Å²) in [6.45, 7) is 0. The van der Waals surface area contributed by atoms with E-state index in [0.717, 1.165) is 4.42 Å². The van der Waals surface area contributed by atoms with Crippen LogP contribution < -0.4 is 10.2 Å². The van der Waals surface area contributed by atoms with Gasteiger partial charge in [-0.05, 0) is 24.3 Å². The van der Waals surface area contributed by atoms with Gasteiger partial charge in [-0.25, -0.2) is 9.21 Å². The van der Waals surface area contributed by atoms with E-state index >= 15 is 0 Å². The number of rotatable bonds is 1. The molecule has 0 aromatic heterocycles. The minimum atomic E-state index is -0.723. The van der Waals surface area contributed by atoms with E-state index in [1.807, 2.05) is 0 Å². The highest BCUT2D eigenvalue weighted by Crippen LogP contribution is 2.18. The average Bonchev–Trinajstić information content (AvgIpc) is 2.04. The molecule has 0 radical (unpaired) electrons. The molecule has 5 heteroatoms. The zero-order valence-electron chi connectivity index (χ0n) is 6.00. The Labute approximate surface area is 79.8 Å². The zero-order chi connectivity index (χ0) is 9.14. The van der Waals surface area contributed by atoms with E-state index < -0.39 is 6.03 Å². The van der Waals surface area contributed by atoms with Gasteiger partial charge in [-0.2, -0.15) is 0 Å². The lowest BCUT2D eigenvalue weighted by atomic mass is 10.3. The molecular formula is C7H6Cl2N2O. The fourth-order valence-electron chi connectivity index (χ4n) is 0.699. The van der Waals surface area contributed by atoms with Crippen molar-refractivity contribution in [1.82, 2.24) is 0 Å². The first kappa shape index (κ1) is 9.16. The molecule has 0 fully saturated rings. The maximum atomic E-state index is 10.6. The number of carbonyl (C=O) groups excluding carboxylic acids is 1. The fourth-order valence-corrected chi connectivity index (χ4v) is 0.938. The lowest BCUT2D eigenvalue weighted by molar-refractivity contribution is 0.257. The number of nitrogens with zero attached hydrogens (tertiary/aromatic N) is 1. The van der Waals surface area contributed by atoms with Gasteiger partial charge in [-0.3, -0.25) is 0 Å². The fraction of sp³-hybridized carbons (Fsp3) is 0. The highest BCUT2D eigenvalue weighted by molar-refractivity contribution is 6.36. The van der Waals surface area contributed by atoms with Crippen molar-refractivity contribution in [2.24, 2.45) is 5.73 Å². The highest BCUT2D eigenvalue weighted by Gasteiger charge is 2.07. The first-order chi connectivity index (χ1) is 5.61. The van der Waals surface area contributed by atoms with Gasteiger partial charge in [0.25, 0.3) is 0 Å². The van der Waals surface area contributed by atoms with Crippen LogP contribution in [0.4, 0.5) is 10.5 Å². The third kappa shape index (κ3) is 2.03. The predicted molar refractivity (Wildman–Crippen MR) is 49.4 cm³/mol. The summed E-state index contributed by atoms with van der Waals surface area (Å²) in [5, 5.41) is 0.577. The van der Waals surface area contributed by atoms with Crippen molar-refractivity contribution in [3.05, 3.63) is 29.3 Å². The van der Waals surface area contributed by atoms with Gasteiger partial charge >= 0.3 is 6.03 Å². The Kier molecular flexibility index (Phi) is 2.78. The van der Waals surface area contributed by atoms with Crippen molar-refractivity contribution < 1.29 is 4.79 Å². The van der Waals surface area contributed by atoms with Crippen molar-refractivity contribution >= 4 is 35.1 Å². The van der Waals surface area contributed by atoms with Gasteiger partial charge in [-0.1, -0.05) is 11.6 Å². The van der Waals surface area contributed by atoms with E-state index in [-0.39, 0.29) is 0 Å². The maximum absolute atomic E-state index is 10.6. The van der Waals surface area contributed by atoms with Crippen LogP contribution >= 0.6 is 23.4 Å². The number of amides is 2. The first-order valence-corrected chi connectivity index (χ1v) is 3.84. The molecular weight excluding hydrogens is 199 g/mol. The molecule has 1 aromatic rings. The molecule has 2 amide bonds. The second kappa shape index (κ2) is 3.65. The summed E-state index contributed by atoms with van der Waals surface area (Å²) < 4.78 is 0.816. The average molecular weight is 205 g/mol. The summed E-state index contributed by atoms with van der Waals surface area (Å²) in [4.78, 5) is 10.6. The minimum absolute atomic E-state index is 0.494. The Morgan fingerprint density at radius 2 is 1.83 bits per heavy atom. The van der Waals surface area contributed by atoms with Crippen LogP contribution in [-0.4, -0.2) is 6.03 Å².